The maximum atomic E-state index is 13.2. The molecule has 3 amide bonds. The molecule has 5 atom stereocenters. The van der Waals surface area contributed by atoms with Crippen molar-refractivity contribution in [2.45, 2.75) is 83.1 Å². The Morgan fingerprint density at radius 1 is 0.949 bits per heavy atom. The summed E-state index contributed by atoms with van der Waals surface area (Å²) in [5, 5.41) is 28.1. The minimum absolute atomic E-state index is 0.00338. The van der Waals surface area contributed by atoms with Crippen LogP contribution in [0.15, 0.2) is 30.5 Å². The van der Waals surface area contributed by atoms with Crippen LogP contribution in [0.25, 0.3) is 10.9 Å². The van der Waals surface area contributed by atoms with Crippen LogP contribution >= 0.6 is 0 Å². The van der Waals surface area contributed by atoms with Gasteiger partial charge < -0.3 is 42.6 Å². The van der Waals surface area contributed by atoms with E-state index in [0.29, 0.717) is 19.4 Å². The van der Waals surface area contributed by atoms with Crippen LogP contribution in [-0.2, 0) is 25.6 Å². The molecule has 216 valence electrons. The van der Waals surface area contributed by atoms with Gasteiger partial charge in [0.25, 0.3) is 0 Å². The molecule has 0 spiro atoms. The number of hydrogen-bond acceptors (Lipinski definition) is 7. The highest BCUT2D eigenvalue weighted by molar-refractivity contribution is 5.94. The van der Waals surface area contributed by atoms with E-state index in [4.69, 9.17) is 11.5 Å². The predicted molar refractivity (Wildman–Crippen MR) is 147 cm³/mol. The summed E-state index contributed by atoms with van der Waals surface area (Å²) in [7, 11) is 0. The normalized spacial score (nSPS) is 15.3. The smallest absolute Gasteiger partial charge is 0.326 e. The number of unbranched alkanes of at least 4 members (excludes halogenated alkanes) is 1. The first-order valence-electron chi connectivity index (χ1n) is 13.3. The van der Waals surface area contributed by atoms with Crippen LogP contribution in [0.1, 0.15) is 52.0 Å². The second-order valence-corrected chi connectivity index (χ2v) is 10.3. The standard InChI is InChI=1S/C27H42N6O6/c1-15(2)12-22(32-24(35)19(29)13-17-14-30-20-9-5-4-8-18(17)20)25(36)33-23(16(3)34)26(37)31-21(27(38)39)10-6-7-11-28/h4-5,8-9,14-16,19,21-23,30,34H,6-7,10-13,28-29H2,1-3H3,(H,31,37)(H,32,35)(H,33,36)(H,38,39). The Hall–Kier alpha value is -3.48. The molecule has 0 aliphatic heterocycles. The van der Waals surface area contributed by atoms with Crippen molar-refractivity contribution in [3.05, 3.63) is 36.0 Å². The molecule has 1 heterocycles. The van der Waals surface area contributed by atoms with E-state index in [1.54, 1.807) is 6.20 Å². The van der Waals surface area contributed by atoms with E-state index in [2.05, 4.69) is 20.9 Å². The first-order valence-corrected chi connectivity index (χ1v) is 13.3. The van der Waals surface area contributed by atoms with Gasteiger partial charge in [-0.3, -0.25) is 14.4 Å². The van der Waals surface area contributed by atoms with Gasteiger partial charge >= 0.3 is 5.97 Å². The topological polar surface area (TPSA) is 213 Å². The lowest BCUT2D eigenvalue weighted by atomic mass is 10.0. The van der Waals surface area contributed by atoms with E-state index in [1.807, 2.05) is 38.1 Å². The second kappa shape index (κ2) is 15.2. The molecule has 10 N–H and O–H groups in total. The number of nitrogens with two attached hydrogens (primary N) is 2. The number of carbonyl (C=O) groups is 4. The zero-order chi connectivity index (χ0) is 29.1. The maximum Gasteiger partial charge on any atom is 0.326 e. The molecule has 1 aromatic heterocycles. The van der Waals surface area contributed by atoms with Gasteiger partial charge in [0.1, 0.15) is 18.1 Å². The van der Waals surface area contributed by atoms with Crippen molar-refractivity contribution >= 4 is 34.6 Å². The molecule has 39 heavy (non-hydrogen) atoms. The average Bonchev–Trinajstić information content (AvgIpc) is 3.28. The number of carboxylic acid groups (broad SMARTS) is 1. The summed E-state index contributed by atoms with van der Waals surface area (Å²) in [6, 6.07) is 3.04. The Morgan fingerprint density at radius 3 is 2.23 bits per heavy atom. The molecular formula is C27H42N6O6. The number of nitrogens with one attached hydrogen (secondary N) is 4. The third-order valence-electron chi connectivity index (χ3n) is 6.42. The van der Waals surface area contributed by atoms with Gasteiger partial charge in [0.05, 0.1) is 12.1 Å². The van der Waals surface area contributed by atoms with Gasteiger partial charge in [-0.1, -0.05) is 32.0 Å². The minimum atomic E-state index is -1.43. The summed E-state index contributed by atoms with van der Waals surface area (Å²) in [5.41, 5.74) is 13.4. The van der Waals surface area contributed by atoms with Crippen LogP contribution in [0.4, 0.5) is 0 Å². The summed E-state index contributed by atoms with van der Waals surface area (Å²) in [6.45, 7) is 5.44. The van der Waals surface area contributed by atoms with Crippen molar-refractivity contribution in [1.82, 2.24) is 20.9 Å². The summed E-state index contributed by atoms with van der Waals surface area (Å²) < 4.78 is 0. The number of aliphatic carboxylic acids is 1. The number of aliphatic hydroxyl groups is 1. The lowest BCUT2D eigenvalue weighted by Gasteiger charge is -2.27. The number of aromatic nitrogens is 1. The largest absolute Gasteiger partial charge is 0.480 e. The maximum absolute atomic E-state index is 13.2. The summed E-state index contributed by atoms with van der Waals surface area (Å²) in [6.07, 6.45) is 2.19. The number of carboxylic acids is 1. The van der Waals surface area contributed by atoms with Gasteiger partial charge in [-0.25, -0.2) is 4.79 Å². The van der Waals surface area contributed by atoms with Gasteiger partial charge in [-0.05, 0) is 63.1 Å². The Bertz CT molecular complexity index is 1120. The van der Waals surface area contributed by atoms with Crippen LogP contribution in [0.2, 0.25) is 0 Å². The lowest BCUT2D eigenvalue weighted by Crippen LogP contribution is -2.60. The molecule has 1 aromatic carbocycles. The summed E-state index contributed by atoms with van der Waals surface area (Å²) in [5.74, 6) is -3.30. The third kappa shape index (κ3) is 9.65. The quantitative estimate of drug-likeness (QED) is 0.135. The Morgan fingerprint density at radius 2 is 1.62 bits per heavy atom. The van der Waals surface area contributed by atoms with E-state index in [9.17, 15) is 29.4 Å². The molecule has 0 bridgehead atoms. The first kappa shape index (κ1) is 31.7. The van der Waals surface area contributed by atoms with Crippen LogP contribution in [-0.4, -0.2) is 75.7 Å². The fourth-order valence-electron chi connectivity index (χ4n) is 4.28. The second-order valence-electron chi connectivity index (χ2n) is 10.3. The van der Waals surface area contributed by atoms with Crippen molar-refractivity contribution in [1.29, 1.82) is 0 Å². The lowest BCUT2D eigenvalue weighted by molar-refractivity contribution is -0.143. The number of amides is 3. The monoisotopic (exact) mass is 546 g/mol. The Balaban J connectivity index is 2.08. The molecule has 0 aliphatic carbocycles. The highest BCUT2D eigenvalue weighted by atomic mass is 16.4. The molecule has 12 heteroatoms. The fraction of sp³-hybridized carbons (Fsp3) is 0.556. The van der Waals surface area contributed by atoms with Crippen LogP contribution < -0.4 is 27.4 Å². The van der Waals surface area contributed by atoms with Gasteiger partial charge in [0.2, 0.25) is 17.7 Å². The SMILES string of the molecule is CC(C)CC(NC(=O)C(N)Cc1c[nH]c2ccccc12)C(=O)NC(C(=O)NC(CCCCN)C(=O)O)C(C)O. The highest BCUT2D eigenvalue weighted by Crippen LogP contribution is 2.19. The van der Waals surface area contributed by atoms with E-state index in [0.717, 1.165) is 16.5 Å². The number of H-pyrrole nitrogens is 1. The third-order valence-corrected chi connectivity index (χ3v) is 6.42. The fourth-order valence-corrected chi connectivity index (χ4v) is 4.28. The van der Waals surface area contributed by atoms with Crippen molar-refractivity contribution in [3.8, 4) is 0 Å². The predicted octanol–water partition coefficient (Wildman–Crippen LogP) is 0.133. The van der Waals surface area contributed by atoms with Gasteiger partial charge in [-0.15, -0.1) is 0 Å². The highest BCUT2D eigenvalue weighted by Gasteiger charge is 2.33. The van der Waals surface area contributed by atoms with Gasteiger partial charge in [0.15, 0.2) is 0 Å². The first-order chi connectivity index (χ1) is 18.4. The molecule has 0 saturated carbocycles. The zero-order valence-electron chi connectivity index (χ0n) is 22.8. The van der Waals surface area contributed by atoms with Crippen molar-refractivity contribution < 1.29 is 29.4 Å². The Labute approximate surface area is 228 Å². The number of fused-ring (bicyclic) bond motifs is 1. The number of benzene rings is 1. The minimum Gasteiger partial charge on any atom is -0.480 e. The van der Waals surface area contributed by atoms with Crippen molar-refractivity contribution in [2.75, 3.05) is 6.54 Å². The van der Waals surface area contributed by atoms with E-state index >= 15 is 0 Å². The number of hydrogen-bond donors (Lipinski definition) is 8. The van der Waals surface area contributed by atoms with Crippen LogP contribution in [0.5, 0.6) is 0 Å². The van der Waals surface area contributed by atoms with Crippen LogP contribution in [0.3, 0.4) is 0 Å². The average molecular weight is 547 g/mol. The molecule has 2 rings (SSSR count). The summed E-state index contributed by atoms with van der Waals surface area (Å²) >= 11 is 0. The molecule has 12 nitrogen and oxygen atoms in total. The molecule has 5 unspecified atom stereocenters. The van der Waals surface area contributed by atoms with Gasteiger partial charge in [-0.2, -0.15) is 0 Å². The van der Waals surface area contributed by atoms with Crippen molar-refractivity contribution in [2.24, 2.45) is 17.4 Å². The Kier molecular flexibility index (Phi) is 12.4. The number of rotatable bonds is 16. The molecule has 0 aliphatic rings. The summed E-state index contributed by atoms with van der Waals surface area (Å²) in [4.78, 5) is 53.7. The number of aromatic amines is 1. The molecule has 0 saturated heterocycles. The van der Waals surface area contributed by atoms with E-state index < -0.39 is 54.0 Å². The van der Waals surface area contributed by atoms with Crippen molar-refractivity contribution in [3.63, 3.8) is 0 Å². The van der Waals surface area contributed by atoms with E-state index in [1.165, 1.54) is 6.92 Å². The molecule has 2 aromatic rings. The van der Waals surface area contributed by atoms with Gasteiger partial charge in [0, 0.05) is 17.1 Å². The molecule has 0 fully saturated rings. The zero-order valence-corrected chi connectivity index (χ0v) is 22.8. The number of aliphatic hydroxyl groups excluding tert-OH is 1. The van der Waals surface area contributed by atoms with Crippen LogP contribution in [0, 0.1) is 5.92 Å². The molecular weight excluding hydrogens is 504 g/mol. The number of para-hydroxylation sites is 1. The van der Waals surface area contributed by atoms with E-state index in [-0.39, 0.29) is 25.2 Å². The number of carbonyl (C=O) groups excluding carboxylic acids is 3. The molecule has 0 radical (unpaired) electrons.